The number of unbranched alkanes of at least 4 members (excludes halogenated alkanes) is 3. The van der Waals surface area contributed by atoms with Crippen LogP contribution in [0.4, 0.5) is 0 Å². The normalized spacial score (nSPS) is 10.7. The van der Waals surface area contributed by atoms with Gasteiger partial charge in [-0.05, 0) is 43.6 Å². The number of benzene rings is 1. The average Bonchev–Trinajstić information content (AvgIpc) is 2.54. The van der Waals surface area contributed by atoms with E-state index in [1.54, 1.807) is 0 Å². The van der Waals surface area contributed by atoms with Crippen LogP contribution in [0, 0.1) is 0 Å². The lowest BCUT2D eigenvalue weighted by atomic mass is 10.1. The molecule has 1 rings (SSSR count). The van der Waals surface area contributed by atoms with Gasteiger partial charge in [0.2, 0.25) is 5.91 Å². The van der Waals surface area contributed by atoms with E-state index in [-0.39, 0.29) is 5.91 Å². The standard InChI is InChI=1S/C18H27ClN2O/c1-3-18(22)20-12-6-4-5-7-13-21(2)15-17-10-8-16(14-19)9-11-17/h3,8-11H,1,4-7,12-15H2,2H3,(H,20,22). The number of hydrogen-bond acceptors (Lipinski definition) is 2. The molecule has 0 aliphatic rings. The Bertz CT molecular complexity index is 445. The Morgan fingerprint density at radius 1 is 1.18 bits per heavy atom. The molecule has 3 nitrogen and oxygen atoms in total. The fourth-order valence-corrected chi connectivity index (χ4v) is 2.45. The van der Waals surface area contributed by atoms with Crippen molar-refractivity contribution in [3.8, 4) is 0 Å². The fraction of sp³-hybridized carbons (Fsp3) is 0.500. The lowest BCUT2D eigenvalue weighted by molar-refractivity contribution is -0.116. The van der Waals surface area contributed by atoms with Crippen molar-refractivity contribution in [2.45, 2.75) is 38.1 Å². The highest BCUT2D eigenvalue weighted by Gasteiger charge is 2.01. The van der Waals surface area contributed by atoms with Gasteiger partial charge in [-0.15, -0.1) is 11.6 Å². The van der Waals surface area contributed by atoms with Crippen LogP contribution in [0.5, 0.6) is 0 Å². The minimum Gasteiger partial charge on any atom is -0.353 e. The molecule has 1 amide bonds. The van der Waals surface area contributed by atoms with E-state index in [1.807, 2.05) is 0 Å². The fourth-order valence-electron chi connectivity index (χ4n) is 2.27. The first kappa shape index (κ1) is 18.7. The van der Waals surface area contributed by atoms with Gasteiger partial charge >= 0.3 is 0 Å². The monoisotopic (exact) mass is 322 g/mol. The number of halogens is 1. The van der Waals surface area contributed by atoms with E-state index >= 15 is 0 Å². The summed E-state index contributed by atoms with van der Waals surface area (Å²) in [4.78, 5) is 13.3. The summed E-state index contributed by atoms with van der Waals surface area (Å²) in [6, 6.07) is 8.48. The van der Waals surface area contributed by atoms with Gasteiger partial charge in [0.05, 0.1) is 0 Å². The van der Waals surface area contributed by atoms with E-state index in [2.05, 4.69) is 48.1 Å². The van der Waals surface area contributed by atoms with E-state index in [9.17, 15) is 4.79 Å². The zero-order chi connectivity index (χ0) is 16.2. The number of carbonyl (C=O) groups is 1. The lowest BCUT2D eigenvalue weighted by Gasteiger charge is -2.16. The van der Waals surface area contributed by atoms with Crippen molar-refractivity contribution < 1.29 is 4.79 Å². The van der Waals surface area contributed by atoms with Crippen molar-refractivity contribution in [3.63, 3.8) is 0 Å². The number of carbonyl (C=O) groups excluding carboxylic acids is 1. The number of hydrogen-bond donors (Lipinski definition) is 1. The van der Waals surface area contributed by atoms with Crippen molar-refractivity contribution in [1.29, 1.82) is 0 Å². The van der Waals surface area contributed by atoms with Crippen LogP contribution in [0.25, 0.3) is 0 Å². The number of nitrogens with one attached hydrogen (secondary N) is 1. The van der Waals surface area contributed by atoms with Crippen LogP contribution in [-0.4, -0.2) is 30.9 Å². The van der Waals surface area contributed by atoms with E-state index in [0.29, 0.717) is 5.88 Å². The van der Waals surface area contributed by atoms with Gasteiger partial charge in [0.1, 0.15) is 0 Å². The lowest BCUT2D eigenvalue weighted by Crippen LogP contribution is -2.22. The Labute approximate surface area is 139 Å². The molecule has 0 saturated carbocycles. The topological polar surface area (TPSA) is 32.3 Å². The third-order valence-electron chi connectivity index (χ3n) is 3.58. The first-order valence-electron chi connectivity index (χ1n) is 7.88. The van der Waals surface area contributed by atoms with Crippen molar-refractivity contribution in [2.24, 2.45) is 0 Å². The van der Waals surface area contributed by atoms with Crippen LogP contribution in [-0.2, 0) is 17.2 Å². The molecule has 0 radical (unpaired) electrons. The van der Waals surface area contributed by atoms with Gasteiger partial charge in [-0.3, -0.25) is 4.79 Å². The molecule has 122 valence electrons. The molecule has 0 heterocycles. The van der Waals surface area contributed by atoms with Crippen LogP contribution < -0.4 is 5.32 Å². The molecule has 1 aromatic carbocycles. The second-order valence-electron chi connectivity index (χ2n) is 5.60. The summed E-state index contributed by atoms with van der Waals surface area (Å²) in [5, 5.41) is 2.80. The molecule has 0 spiro atoms. The quantitative estimate of drug-likeness (QED) is 0.382. The summed E-state index contributed by atoms with van der Waals surface area (Å²) in [5.41, 5.74) is 2.49. The van der Waals surface area contributed by atoms with Crippen LogP contribution in [0.15, 0.2) is 36.9 Å². The molecule has 0 bridgehead atoms. The molecule has 1 N–H and O–H groups in total. The Balaban J connectivity index is 2.06. The third-order valence-corrected chi connectivity index (χ3v) is 3.89. The van der Waals surface area contributed by atoms with Gasteiger partial charge in [0.15, 0.2) is 0 Å². The maximum absolute atomic E-state index is 11.0. The number of nitrogens with zero attached hydrogens (tertiary/aromatic N) is 1. The predicted molar refractivity (Wildman–Crippen MR) is 94.0 cm³/mol. The molecule has 0 aliphatic carbocycles. The summed E-state index contributed by atoms with van der Waals surface area (Å²) in [6.07, 6.45) is 5.87. The van der Waals surface area contributed by atoms with Gasteiger partial charge < -0.3 is 10.2 Å². The number of amides is 1. The van der Waals surface area contributed by atoms with Crippen molar-refractivity contribution in [3.05, 3.63) is 48.0 Å². The highest BCUT2D eigenvalue weighted by Crippen LogP contribution is 2.09. The van der Waals surface area contributed by atoms with Crippen LogP contribution >= 0.6 is 11.6 Å². The SMILES string of the molecule is C=CC(=O)NCCCCCCN(C)Cc1ccc(CCl)cc1. The van der Waals surface area contributed by atoms with Gasteiger partial charge in [-0.2, -0.15) is 0 Å². The van der Waals surface area contributed by atoms with Crippen LogP contribution in [0.2, 0.25) is 0 Å². The molecule has 4 heteroatoms. The van der Waals surface area contributed by atoms with Gasteiger partial charge in [-0.1, -0.05) is 43.7 Å². The zero-order valence-electron chi connectivity index (χ0n) is 13.5. The smallest absolute Gasteiger partial charge is 0.243 e. The molecule has 22 heavy (non-hydrogen) atoms. The molecule has 0 unspecified atom stereocenters. The number of rotatable bonds is 11. The highest BCUT2D eigenvalue weighted by molar-refractivity contribution is 6.17. The summed E-state index contributed by atoms with van der Waals surface area (Å²) >= 11 is 5.79. The Kier molecular flexibility index (Phi) is 9.60. The first-order chi connectivity index (χ1) is 10.7. The second kappa shape index (κ2) is 11.3. The first-order valence-corrected chi connectivity index (χ1v) is 8.41. The zero-order valence-corrected chi connectivity index (χ0v) is 14.2. The largest absolute Gasteiger partial charge is 0.353 e. The maximum atomic E-state index is 11.0. The molecular formula is C18H27ClN2O. The summed E-state index contributed by atoms with van der Waals surface area (Å²) in [7, 11) is 2.15. The van der Waals surface area contributed by atoms with Crippen LogP contribution in [0.3, 0.4) is 0 Å². The Morgan fingerprint density at radius 2 is 1.82 bits per heavy atom. The summed E-state index contributed by atoms with van der Waals surface area (Å²) in [6.45, 7) is 6.24. The van der Waals surface area contributed by atoms with Crippen molar-refractivity contribution in [2.75, 3.05) is 20.1 Å². The second-order valence-corrected chi connectivity index (χ2v) is 5.86. The maximum Gasteiger partial charge on any atom is 0.243 e. The molecule has 1 aromatic rings. The average molecular weight is 323 g/mol. The Hall–Kier alpha value is -1.32. The molecule has 0 aromatic heterocycles. The predicted octanol–water partition coefficient (Wildman–Crippen LogP) is 3.72. The molecule has 0 fully saturated rings. The molecule has 0 atom stereocenters. The van der Waals surface area contributed by atoms with Gasteiger partial charge in [0.25, 0.3) is 0 Å². The molecule has 0 aliphatic heterocycles. The van der Waals surface area contributed by atoms with Gasteiger partial charge in [0, 0.05) is 19.0 Å². The summed E-state index contributed by atoms with van der Waals surface area (Å²) in [5.74, 6) is 0.489. The molecule has 0 saturated heterocycles. The van der Waals surface area contributed by atoms with Crippen molar-refractivity contribution in [1.82, 2.24) is 10.2 Å². The van der Waals surface area contributed by atoms with Crippen molar-refractivity contribution >= 4 is 17.5 Å². The Morgan fingerprint density at radius 3 is 2.45 bits per heavy atom. The number of alkyl halides is 1. The van der Waals surface area contributed by atoms with Gasteiger partial charge in [-0.25, -0.2) is 0 Å². The third kappa shape index (κ3) is 8.20. The van der Waals surface area contributed by atoms with E-state index < -0.39 is 0 Å². The van der Waals surface area contributed by atoms with E-state index in [1.165, 1.54) is 24.5 Å². The van der Waals surface area contributed by atoms with Crippen LogP contribution in [0.1, 0.15) is 36.8 Å². The minimum atomic E-state index is -0.0834. The highest BCUT2D eigenvalue weighted by atomic mass is 35.5. The van der Waals surface area contributed by atoms with E-state index in [0.717, 1.165) is 38.0 Å². The molecular weight excluding hydrogens is 296 g/mol. The van der Waals surface area contributed by atoms with E-state index in [4.69, 9.17) is 11.6 Å². The minimum absolute atomic E-state index is 0.0834. The summed E-state index contributed by atoms with van der Waals surface area (Å²) < 4.78 is 0.